The van der Waals surface area contributed by atoms with E-state index in [1.165, 1.54) is 6.20 Å². The van der Waals surface area contributed by atoms with Crippen molar-refractivity contribution in [3.05, 3.63) is 22.4 Å². The maximum atomic E-state index is 11.1. The van der Waals surface area contributed by atoms with Crippen molar-refractivity contribution in [1.29, 1.82) is 0 Å². The minimum atomic E-state index is -1.02. The smallest absolute Gasteiger partial charge is 0.318 e. The Balaban J connectivity index is 2.45. The summed E-state index contributed by atoms with van der Waals surface area (Å²) in [6, 6.07) is -1.02. The normalized spacial score (nSPS) is 11.9. The quantitative estimate of drug-likeness (QED) is 0.431. The molecule has 0 aliphatic heterocycles. The number of aromatic amines is 2. The van der Waals surface area contributed by atoms with Gasteiger partial charge in [0, 0.05) is 25.2 Å². The molecule has 1 rings (SSSR count). The number of carbonyl (C=O) groups is 2. The maximum Gasteiger partial charge on any atom is 0.372 e. The molecule has 0 aromatic carbocycles. The van der Waals surface area contributed by atoms with Crippen molar-refractivity contribution in [1.82, 2.24) is 9.97 Å². The molecular weight excluding hydrogens is 218 g/mol. The average molecular weight is 229 g/mol. The van der Waals surface area contributed by atoms with Crippen molar-refractivity contribution in [2.45, 2.75) is 19.4 Å². The molecule has 1 heterocycles. The minimum absolute atomic E-state index is 0.0683. The Hall–Kier alpha value is -2.09. The fourth-order valence-corrected chi connectivity index (χ4v) is 0.962. The van der Waals surface area contributed by atoms with Gasteiger partial charge in [-0.15, -0.1) is 0 Å². The lowest BCUT2D eigenvalue weighted by Gasteiger charge is -2.07. The van der Waals surface area contributed by atoms with Crippen LogP contribution in [0.5, 0.6) is 0 Å². The van der Waals surface area contributed by atoms with Gasteiger partial charge in [0.15, 0.2) is 0 Å². The van der Waals surface area contributed by atoms with E-state index < -0.39 is 23.7 Å². The van der Waals surface area contributed by atoms with Gasteiger partial charge in [-0.25, -0.2) is 24.2 Å². The molecule has 0 aliphatic rings. The number of aromatic nitrogens is 2. The number of hydrogen-bond donors (Lipinski definition) is 3. The maximum absolute atomic E-state index is 11.1. The predicted molar refractivity (Wildman–Crippen MR) is 51.0 cm³/mol. The monoisotopic (exact) mass is 229 g/mol. The van der Waals surface area contributed by atoms with Crippen LogP contribution >= 0.6 is 0 Å². The Labute approximate surface area is 89.7 Å². The molecule has 1 atom stereocenters. The third kappa shape index (κ3) is 3.58. The molecule has 1 unspecified atom stereocenters. The zero-order chi connectivity index (χ0) is 12.1. The van der Waals surface area contributed by atoms with Crippen LogP contribution in [-0.2, 0) is 25.8 Å². The van der Waals surface area contributed by atoms with E-state index in [2.05, 4.69) is 19.7 Å². The molecule has 0 bridgehead atoms. The van der Waals surface area contributed by atoms with Crippen molar-refractivity contribution < 1.29 is 19.4 Å². The van der Waals surface area contributed by atoms with Crippen molar-refractivity contribution in [3.63, 3.8) is 0 Å². The fraction of sp³-hybridized carbons (Fsp3) is 0.375. The van der Waals surface area contributed by atoms with Gasteiger partial charge in [-0.05, 0) is 0 Å². The third-order valence-corrected chi connectivity index (χ3v) is 1.64. The van der Waals surface area contributed by atoms with Crippen LogP contribution in [0.2, 0.25) is 0 Å². The zero-order valence-electron chi connectivity index (χ0n) is 8.48. The second-order valence-electron chi connectivity index (χ2n) is 3.06. The van der Waals surface area contributed by atoms with Gasteiger partial charge >= 0.3 is 17.6 Å². The summed E-state index contributed by atoms with van der Waals surface area (Å²) in [6.07, 6.45) is 1.46. The number of imidazole rings is 1. The molecule has 88 valence electrons. The molecule has 0 saturated carbocycles. The van der Waals surface area contributed by atoms with E-state index in [0.29, 0.717) is 5.69 Å². The van der Waals surface area contributed by atoms with E-state index in [1.807, 2.05) is 0 Å². The van der Waals surface area contributed by atoms with Crippen LogP contribution in [0.3, 0.4) is 0 Å². The van der Waals surface area contributed by atoms with Crippen LogP contribution < -0.4 is 11.4 Å². The first-order valence-corrected chi connectivity index (χ1v) is 4.40. The van der Waals surface area contributed by atoms with Crippen LogP contribution in [0.1, 0.15) is 12.6 Å². The lowest BCUT2D eigenvalue weighted by molar-refractivity contribution is -0.258. The number of nitrogens with one attached hydrogen (secondary N) is 2. The summed E-state index contributed by atoms with van der Waals surface area (Å²) >= 11 is 0. The lowest BCUT2D eigenvalue weighted by atomic mass is 10.2. The summed E-state index contributed by atoms with van der Waals surface area (Å²) in [7, 11) is 0. The van der Waals surface area contributed by atoms with Crippen molar-refractivity contribution in [2.75, 3.05) is 0 Å². The number of hydrogen-bond acceptors (Lipinski definition) is 6. The largest absolute Gasteiger partial charge is 0.372 e. The number of rotatable bonds is 3. The van der Waals surface area contributed by atoms with E-state index in [9.17, 15) is 14.4 Å². The Bertz CT molecular complexity index is 435. The first-order valence-electron chi connectivity index (χ1n) is 4.40. The van der Waals surface area contributed by atoms with Crippen LogP contribution in [0, 0.1) is 0 Å². The molecule has 8 heteroatoms. The summed E-state index contributed by atoms with van der Waals surface area (Å²) in [5, 5.41) is 0. The van der Waals surface area contributed by atoms with Gasteiger partial charge in [0.1, 0.15) is 6.04 Å². The van der Waals surface area contributed by atoms with Gasteiger partial charge in [0.25, 0.3) is 0 Å². The van der Waals surface area contributed by atoms with Gasteiger partial charge in [-0.3, -0.25) is 0 Å². The molecule has 4 N–H and O–H groups in total. The average Bonchev–Trinajstić information content (AvgIpc) is 2.60. The van der Waals surface area contributed by atoms with Gasteiger partial charge in [0.2, 0.25) is 0 Å². The van der Waals surface area contributed by atoms with Gasteiger partial charge < -0.3 is 15.7 Å². The van der Waals surface area contributed by atoms with Crippen molar-refractivity contribution in [3.8, 4) is 0 Å². The van der Waals surface area contributed by atoms with Crippen molar-refractivity contribution in [2.24, 2.45) is 5.73 Å². The number of nitrogens with two attached hydrogens (primary N) is 1. The molecule has 16 heavy (non-hydrogen) atoms. The van der Waals surface area contributed by atoms with Gasteiger partial charge in [-0.1, -0.05) is 0 Å². The fourth-order valence-electron chi connectivity index (χ4n) is 0.962. The van der Waals surface area contributed by atoms with Crippen LogP contribution in [0.15, 0.2) is 11.0 Å². The van der Waals surface area contributed by atoms with Gasteiger partial charge in [0.05, 0.1) is 0 Å². The van der Waals surface area contributed by atoms with Crippen molar-refractivity contribution >= 4 is 11.9 Å². The van der Waals surface area contributed by atoms with E-state index in [0.717, 1.165) is 6.92 Å². The van der Waals surface area contributed by atoms with Crippen LogP contribution in [0.25, 0.3) is 0 Å². The molecule has 0 spiro atoms. The molecule has 0 amide bonds. The minimum Gasteiger partial charge on any atom is -0.318 e. The summed E-state index contributed by atoms with van der Waals surface area (Å²) in [5.41, 5.74) is 5.51. The van der Waals surface area contributed by atoms with E-state index in [1.54, 1.807) is 0 Å². The molecule has 0 aliphatic carbocycles. The highest BCUT2D eigenvalue weighted by Gasteiger charge is 2.18. The van der Waals surface area contributed by atoms with E-state index in [-0.39, 0.29) is 6.42 Å². The second-order valence-corrected chi connectivity index (χ2v) is 3.06. The van der Waals surface area contributed by atoms with Crippen LogP contribution in [0.4, 0.5) is 0 Å². The Morgan fingerprint density at radius 2 is 2.19 bits per heavy atom. The standard InChI is InChI=1S/C8H11N3O5/c1-4(12)15-16-7(13)6(9)2-5-3-10-8(14)11-5/h3,6H,2,9H2,1H3,(H2,10,11,14). The molecule has 0 radical (unpaired) electrons. The molecule has 8 nitrogen and oxygen atoms in total. The highest BCUT2D eigenvalue weighted by Crippen LogP contribution is 1.97. The number of carbonyl (C=O) groups excluding carboxylic acids is 2. The summed E-state index contributed by atoms with van der Waals surface area (Å²) in [4.78, 5) is 45.1. The van der Waals surface area contributed by atoms with Gasteiger partial charge in [-0.2, -0.15) is 0 Å². The summed E-state index contributed by atoms with van der Waals surface area (Å²) < 4.78 is 0. The van der Waals surface area contributed by atoms with E-state index >= 15 is 0 Å². The lowest BCUT2D eigenvalue weighted by Crippen LogP contribution is -2.35. The van der Waals surface area contributed by atoms with E-state index in [4.69, 9.17) is 5.73 Å². The molecule has 0 saturated heterocycles. The molecule has 1 aromatic heterocycles. The predicted octanol–water partition coefficient (Wildman–Crippen LogP) is -1.41. The summed E-state index contributed by atoms with van der Waals surface area (Å²) in [5.74, 6) is -1.65. The zero-order valence-corrected chi connectivity index (χ0v) is 8.48. The highest BCUT2D eigenvalue weighted by molar-refractivity contribution is 5.76. The molecule has 1 aromatic rings. The highest BCUT2D eigenvalue weighted by atomic mass is 17.2. The second kappa shape index (κ2) is 5.12. The molecule has 0 fully saturated rings. The first kappa shape index (κ1) is 12.0. The topological polar surface area (TPSA) is 127 Å². The Kier molecular flexibility index (Phi) is 3.84. The molecular formula is C8H11N3O5. The first-order chi connectivity index (χ1) is 7.49. The third-order valence-electron chi connectivity index (χ3n) is 1.64. The SMILES string of the molecule is CC(=O)OOC(=O)C(N)Cc1c[nH]c(=O)[nH]1. The number of H-pyrrole nitrogens is 2. The summed E-state index contributed by atoms with van der Waals surface area (Å²) in [6.45, 7) is 1.09. The Morgan fingerprint density at radius 1 is 1.50 bits per heavy atom. The Morgan fingerprint density at radius 3 is 2.69 bits per heavy atom. The van der Waals surface area contributed by atoms with Crippen LogP contribution in [-0.4, -0.2) is 27.9 Å².